The number of hydrogen-bond acceptors (Lipinski definition) is 6. The molecule has 1 aliphatic heterocycles. The van der Waals surface area contributed by atoms with Gasteiger partial charge in [0.15, 0.2) is 10.9 Å². The second kappa shape index (κ2) is 9.24. The van der Waals surface area contributed by atoms with Crippen molar-refractivity contribution in [3.8, 4) is 5.69 Å². The van der Waals surface area contributed by atoms with Crippen LogP contribution in [0.15, 0.2) is 41.6 Å². The van der Waals surface area contributed by atoms with Crippen molar-refractivity contribution in [3.63, 3.8) is 0 Å². The van der Waals surface area contributed by atoms with E-state index in [9.17, 15) is 4.79 Å². The maximum absolute atomic E-state index is 13.0. The third kappa shape index (κ3) is 4.67. The molecule has 0 amide bonds. The normalized spacial score (nSPS) is 14.1. The van der Waals surface area contributed by atoms with Gasteiger partial charge in [-0.15, -0.1) is 10.2 Å². The van der Waals surface area contributed by atoms with Crippen molar-refractivity contribution in [2.45, 2.75) is 32.9 Å². The number of hydrogen-bond donors (Lipinski definition) is 0. The van der Waals surface area contributed by atoms with E-state index in [1.807, 2.05) is 26.0 Å². The first kappa shape index (κ1) is 21.6. The fraction of sp³-hybridized carbons (Fsp3) is 0.375. The Kier molecular flexibility index (Phi) is 6.43. The zero-order valence-corrected chi connectivity index (χ0v) is 19.3. The molecule has 7 heteroatoms. The van der Waals surface area contributed by atoms with E-state index in [2.05, 4.69) is 57.8 Å². The molecular formula is C24H28N4O2S. The van der Waals surface area contributed by atoms with Gasteiger partial charge in [-0.3, -0.25) is 9.36 Å². The van der Waals surface area contributed by atoms with Gasteiger partial charge in [0.1, 0.15) is 0 Å². The fourth-order valence-electron chi connectivity index (χ4n) is 3.79. The first-order chi connectivity index (χ1) is 14.9. The van der Waals surface area contributed by atoms with E-state index in [-0.39, 0.29) is 5.78 Å². The zero-order chi connectivity index (χ0) is 22.0. The monoisotopic (exact) mass is 436 g/mol. The Hall–Kier alpha value is -2.64. The van der Waals surface area contributed by atoms with Gasteiger partial charge in [-0.2, -0.15) is 0 Å². The molecule has 3 aromatic rings. The SMILES string of the molecule is Cc1cccc(-n2c(SCC(=O)c3cc(C)c(C)cc3C)nnc2N2CCOCC2)c1. The molecule has 1 aromatic heterocycles. The van der Waals surface area contributed by atoms with Crippen molar-refractivity contribution in [1.82, 2.24) is 14.8 Å². The summed E-state index contributed by atoms with van der Waals surface area (Å²) in [5, 5.41) is 9.67. The van der Waals surface area contributed by atoms with Gasteiger partial charge < -0.3 is 9.64 Å². The Balaban J connectivity index is 1.63. The van der Waals surface area contributed by atoms with Crippen LogP contribution in [0.5, 0.6) is 0 Å². The minimum absolute atomic E-state index is 0.109. The van der Waals surface area contributed by atoms with Crippen LogP contribution in [0.2, 0.25) is 0 Å². The molecule has 0 atom stereocenters. The second-order valence-corrected chi connectivity index (χ2v) is 8.96. The molecule has 0 aliphatic carbocycles. The van der Waals surface area contributed by atoms with Gasteiger partial charge in [-0.1, -0.05) is 30.0 Å². The number of ether oxygens (including phenoxy) is 1. The maximum Gasteiger partial charge on any atom is 0.232 e. The second-order valence-electron chi connectivity index (χ2n) is 8.02. The molecule has 162 valence electrons. The molecule has 1 saturated heterocycles. The summed E-state index contributed by atoms with van der Waals surface area (Å²) in [4.78, 5) is 15.2. The standard InChI is InChI=1S/C24H28N4O2S/c1-16-6-5-7-20(12-16)28-23(27-8-10-30-11-9-27)25-26-24(28)31-15-22(29)21-14-18(3)17(2)13-19(21)4/h5-7,12-14H,8-11,15H2,1-4H3. The summed E-state index contributed by atoms with van der Waals surface area (Å²) in [6.07, 6.45) is 0. The number of morpholine rings is 1. The summed E-state index contributed by atoms with van der Waals surface area (Å²) in [5.41, 5.74) is 6.31. The quantitative estimate of drug-likeness (QED) is 0.424. The van der Waals surface area contributed by atoms with Gasteiger partial charge in [0.25, 0.3) is 0 Å². The van der Waals surface area contributed by atoms with Crippen LogP contribution in [0.1, 0.15) is 32.6 Å². The first-order valence-electron chi connectivity index (χ1n) is 10.5. The number of ketones is 1. The fourth-order valence-corrected chi connectivity index (χ4v) is 4.62. The number of thioether (sulfide) groups is 1. The van der Waals surface area contributed by atoms with Crippen molar-refractivity contribution < 1.29 is 9.53 Å². The number of rotatable bonds is 6. The lowest BCUT2D eigenvalue weighted by Crippen LogP contribution is -2.37. The number of Topliss-reactive ketones (excluding diaryl/α,β-unsaturated/α-hetero) is 1. The van der Waals surface area contributed by atoms with Crippen molar-refractivity contribution in [3.05, 3.63) is 64.2 Å². The number of aryl methyl sites for hydroxylation is 4. The summed E-state index contributed by atoms with van der Waals surface area (Å²) >= 11 is 1.44. The average molecular weight is 437 g/mol. The molecule has 0 unspecified atom stereocenters. The number of benzene rings is 2. The molecule has 31 heavy (non-hydrogen) atoms. The number of carbonyl (C=O) groups excluding carboxylic acids is 1. The summed E-state index contributed by atoms with van der Waals surface area (Å²) in [6.45, 7) is 11.1. The molecule has 4 rings (SSSR count). The smallest absolute Gasteiger partial charge is 0.232 e. The molecule has 0 N–H and O–H groups in total. The molecule has 0 saturated carbocycles. The highest BCUT2D eigenvalue weighted by Crippen LogP contribution is 2.28. The van der Waals surface area contributed by atoms with E-state index in [1.165, 1.54) is 17.3 Å². The Morgan fingerprint density at radius 3 is 2.48 bits per heavy atom. The topological polar surface area (TPSA) is 60.2 Å². The molecule has 2 heterocycles. The van der Waals surface area contributed by atoms with Crippen LogP contribution < -0.4 is 4.90 Å². The number of nitrogens with zero attached hydrogens (tertiary/aromatic N) is 4. The lowest BCUT2D eigenvalue weighted by molar-refractivity contribution is 0.102. The third-order valence-electron chi connectivity index (χ3n) is 5.64. The largest absolute Gasteiger partial charge is 0.378 e. The van der Waals surface area contributed by atoms with Crippen LogP contribution >= 0.6 is 11.8 Å². The molecule has 0 radical (unpaired) electrons. The van der Waals surface area contributed by atoms with Crippen LogP contribution in [-0.2, 0) is 4.74 Å². The summed E-state index contributed by atoms with van der Waals surface area (Å²) in [7, 11) is 0. The van der Waals surface area contributed by atoms with E-state index >= 15 is 0 Å². The van der Waals surface area contributed by atoms with Crippen LogP contribution in [0.25, 0.3) is 5.69 Å². The average Bonchev–Trinajstić information content (AvgIpc) is 3.19. The number of aromatic nitrogens is 3. The molecule has 0 spiro atoms. The number of anilines is 1. The van der Waals surface area contributed by atoms with Crippen molar-refractivity contribution in [2.75, 3.05) is 37.0 Å². The van der Waals surface area contributed by atoms with E-state index in [0.717, 1.165) is 52.1 Å². The summed E-state index contributed by atoms with van der Waals surface area (Å²) in [5.74, 6) is 1.22. The Labute approximate surface area is 187 Å². The lowest BCUT2D eigenvalue weighted by Gasteiger charge is -2.28. The minimum atomic E-state index is 0.109. The minimum Gasteiger partial charge on any atom is -0.378 e. The van der Waals surface area contributed by atoms with Gasteiger partial charge in [-0.05, 0) is 68.1 Å². The van der Waals surface area contributed by atoms with E-state index < -0.39 is 0 Å². The highest BCUT2D eigenvalue weighted by Gasteiger charge is 2.23. The van der Waals surface area contributed by atoms with Gasteiger partial charge in [0.2, 0.25) is 5.95 Å². The van der Waals surface area contributed by atoms with Crippen molar-refractivity contribution in [2.24, 2.45) is 0 Å². The molecule has 1 fully saturated rings. The predicted octanol–water partition coefficient (Wildman–Crippen LogP) is 4.31. The van der Waals surface area contributed by atoms with Crippen molar-refractivity contribution in [1.29, 1.82) is 0 Å². The third-order valence-corrected chi connectivity index (χ3v) is 6.57. The van der Waals surface area contributed by atoms with Gasteiger partial charge in [-0.25, -0.2) is 0 Å². The Morgan fingerprint density at radius 1 is 1.00 bits per heavy atom. The predicted molar refractivity (Wildman–Crippen MR) is 125 cm³/mol. The van der Waals surface area contributed by atoms with Gasteiger partial charge >= 0.3 is 0 Å². The zero-order valence-electron chi connectivity index (χ0n) is 18.5. The Morgan fingerprint density at radius 2 is 1.74 bits per heavy atom. The van der Waals surface area contributed by atoms with Crippen LogP contribution in [0.3, 0.4) is 0 Å². The molecule has 1 aliphatic rings. The van der Waals surface area contributed by atoms with Gasteiger partial charge in [0, 0.05) is 18.7 Å². The van der Waals surface area contributed by atoms with Crippen LogP contribution in [0.4, 0.5) is 5.95 Å². The Bertz CT molecular complexity index is 1100. The maximum atomic E-state index is 13.0. The van der Waals surface area contributed by atoms with E-state index in [4.69, 9.17) is 4.74 Å². The molecular weight excluding hydrogens is 408 g/mol. The molecule has 6 nitrogen and oxygen atoms in total. The molecule has 2 aromatic carbocycles. The highest BCUT2D eigenvalue weighted by molar-refractivity contribution is 7.99. The summed E-state index contributed by atoms with van der Waals surface area (Å²) < 4.78 is 7.56. The summed E-state index contributed by atoms with van der Waals surface area (Å²) in [6, 6.07) is 12.4. The van der Waals surface area contributed by atoms with E-state index in [1.54, 1.807) is 0 Å². The van der Waals surface area contributed by atoms with Crippen molar-refractivity contribution >= 4 is 23.5 Å². The highest BCUT2D eigenvalue weighted by atomic mass is 32.2. The van der Waals surface area contributed by atoms with Crippen LogP contribution in [0, 0.1) is 27.7 Å². The molecule has 0 bridgehead atoms. The van der Waals surface area contributed by atoms with Crippen LogP contribution in [-0.4, -0.2) is 52.6 Å². The number of carbonyl (C=O) groups is 1. The lowest BCUT2D eigenvalue weighted by atomic mass is 9.99. The first-order valence-corrected chi connectivity index (χ1v) is 11.5. The van der Waals surface area contributed by atoms with E-state index in [0.29, 0.717) is 19.0 Å². The van der Waals surface area contributed by atoms with Gasteiger partial charge in [0.05, 0.1) is 24.7 Å².